The number of aromatic amines is 1. The van der Waals surface area contributed by atoms with Crippen molar-refractivity contribution in [3.63, 3.8) is 0 Å². The molecule has 0 bridgehead atoms. The predicted octanol–water partition coefficient (Wildman–Crippen LogP) is 5.48. The molecule has 2 aliphatic rings. The topological polar surface area (TPSA) is 111 Å². The van der Waals surface area contributed by atoms with E-state index in [-0.39, 0.29) is 30.3 Å². The lowest BCUT2D eigenvalue weighted by molar-refractivity contribution is -0.123. The first-order valence-electron chi connectivity index (χ1n) is 16.2. The third-order valence-corrected chi connectivity index (χ3v) is 9.29. The number of carbonyl (C=O) groups excluding carboxylic acids is 2. The number of benzene rings is 3. The summed E-state index contributed by atoms with van der Waals surface area (Å²) in [5, 5.41) is 14.6. The van der Waals surface area contributed by atoms with E-state index in [9.17, 15) is 14.0 Å². The number of likely N-dealkylation sites (tertiary alicyclic amines) is 1. The molecule has 2 aromatic heterocycles. The maximum absolute atomic E-state index is 14.0. The number of nitrogens with zero attached hydrogens (tertiary/aromatic N) is 5. The molecule has 0 saturated carbocycles. The molecule has 47 heavy (non-hydrogen) atoms. The van der Waals surface area contributed by atoms with Gasteiger partial charge in [0.2, 0.25) is 5.91 Å². The first-order valence-corrected chi connectivity index (χ1v) is 16.2. The van der Waals surface area contributed by atoms with Crippen LogP contribution in [-0.2, 0) is 24.3 Å². The molecule has 3 N–H and O–H groups in total. The number of anilines is 1. The number of nitrogens with one attached hydrogen (secondary N) is 3. The van der Waals surface area contributed by atoms with Crippen molar-refractivity contribution in [3.05, 3.63) is 113 Å². The number of fused-ring (bicyclic) bond motifs is 2. The Labute approximate surface area is 273 Å². The molecule has 1 saturated heterocycles. The Morgan fingerprint density at radius 3 is 2.72 bits per heavy atom. The van der Waals surface area contributed by atoms with Gasteiger partial charge in [0.05, 0.1) is 30.0 Å². The van der Waals surface area contributed by atoms with Gasteiger partial charge in [-0.1, -0.05) is 36.4 Å². The third-order valence-electron chi connectivity index (χ3n) is 9.29. The summed E-state index contributed by atoms with van der Waals surface area (Å²) < 4.78 is 16.1. The standard InChI is InChI=1S/C36H39FN8O2/c1-23-14-26(15-28-18-38-42-34(23)28)17-32(35-39-24(2)19-44(35)20-25-6-5-8-29(37)16-25)40-33(46)22-43-12-10-30(11-13-43)45-21-27-7-3-4-9-31(27)41-36(45)47/h3-9,14-16,18-19,30,32H,10-13,17,20-22H2,1-2H3,(H,38,42)(H,40,46)(H,41,47). The highest BCUT2D eigenvalue weighted by molar-refractivity contribution is 5.92. The van der Waals surface area contributed by atoms with Crippen molar-refractivity contribution in [2.75, 3.05) is 25.0 Å². The van der Waals surface area contributed by atoms with Crippen LogP contribution in [0.25, 0.3) is 10.9 Å². The van der Waals surface area contributed by atoms with Gasteiger partial charge < -0.3 is 20.1 Å². The fourth-order valence-electron chi connectivity index (χ4n) is 7.02. The number of hydrogen-bond donors (Lipinski definition) is 3. The summed E-state index contributed by atoms with van der Waals surface area (Å²) >= 11 is 0. The molecule has 11 heteroatoms. The Morgan fingerprint density at radius 2 is 1.89 bits per heavy atom. The zero-order valence-corrected chi connectivity index (χ0v) is 26.7. The summed E-state index contributed by atoms with van der Waals surface area (Å²) in [7, 11) is 0. The van der Waals surface area contributed by atoms with E-state index in [4.69, 9.17) is 4.98 Å². The van der Waals surface area contributed by atoms with Gasteiger partial charge in [-0.2, -0.15) is 5.10 Å². The molecule has 0 aliphatic carbocycles. The lowest BCUT2D eigenvalue weighted by Crippen LogP contribution is -2.51. The van der Waals surface area contributed by atoms with E-state index in [1.807, 2.05) is 60.0 Å². The first kappa shape index (κ1) is 30.6. The minimum absolute atomic E-state index is 0.0596. The van der Waals surface area contributed by atoms with Gasteiger partial charge in [0.1, 0.15) is 11.6 Å². The van der Waals surface area contributed by atoms with Crippen LogP contribution < -0.4 is 10.6 Å². The number of carbonyl (C=O) groups is 2. The van der Waals surface area contributed by atoms with Crippen molar-refractivity contribution in [1.29, 1.82) is 0 Å². The average Bonchev–Trinajstić information content (AvgIpc) is 3.67. The van der Waals surface area contributed by atoms with Crippen LogP contribution in [0.15, 0.2) is 73.1 Å². The van der Waals surface area contributed by atoms with Gasteiger partial charge >= 0.3 is 6.03 Å². The predicted molar refractivity (Wildman–Crippen MR) is 178 cm³/mol. The summed E-state index contributed by atoms with van der Waals surface area (Å²) in [5.41, 5.74) is 6.76. The Bertz CT molecular complexity index is 1930. The Balaban J connectivity index is 1.06. The molecule has 4 heterocycles. The molecule has 242 valence electrons. The monoisotopic (exact) mass is 634 g/mol. The second-order valence-electron chi connectivity index (χ2n) is 12.8. The van der Waals surface area contributed by atoms with Gasteiger partial charge in [-0.3, -0.25) is 14.8 Å². The smallest absolute Gasteiger partial charge is 0.322 e. The normalized spacial score (nSPS) is 16.2. The maximum Gasteiger partial charge on any atom is 0.322 e. The molecule has 5 aromatic rings. The summed E-state index contributed by atoms with van der Waals surface area (Å²) in [6.07, 6.45) is 5.89. The minimum atomic E-state index is -0.414. The van der Waals surface area contributed by atoms with Gasteiger partial charge in [0.15, 0.2) is 0 Å². The molecule has 10 nitrogen and oxygen atoms in total. The number of hydrogen-bond acceptors (Lipinski definition) is 5. The van der Waals surface area contributed by atoms with E-state index in [1.54, 1.807) is 6.07 Å². The van der Waals surface area contributed by atoms with E-state index in [2.05, 4.69) is 43.9 Å². The van der Waals surface area contributed by atoms with Crippen molar-refractivity contribution >= 4 is 28.5 Å². The van der Waals surface area contributed by atoms with Gasteiger partial charge in [0.25, 0.3) is 0 Å². The molecule has 1 atom stereocenters. The number of piperidine rings is 1. The van der Waals surface area contributed by atoms with E-state index in [1.165, 1.54) is 12.1 Å². The second-order valence-corrected chi connectivity index (χ2v) is 12.8. The summed E-state index contributed by atoms with van der Waals surface area (Å²) in [5.74, 6) is 0.349. The van der Waals surface area contributed by atoms with Gasteiger partial charge in [0, 0.05) is 49.5 Å². The fraction of sp³-hybridized carbons (Fsp3) is 0.333. The second kappa shape index (κ2) is 13.0. The third kappa shape index (κ3) is 6.76. The molecule has 3 aromatic carbocycles. The van der Waals surface area contributed by atoms with Crippen LogP contribution in [0.3, 0.4) is 0 Å². The number of aryl methyl sites for hydroxylation is 2. The number of H-pyrrole nitrogens is 1. The van der Waals surface area contributed by atoms with Crippen molar-refractivity contribution in [3.8, 4) is 0 Å². The van der Waals surface area contributed by atoms with Crippen LogP contribution in [-0.4, -0.2) is 67.2 Å². The van der Waals surface area contributed by atoms with Crippen molar-refractivity contribution < 1.29 is 14.0 Å². The summed E-state index contributed by atoms with van der Waals surface area (Å²) in [4.78, 5) is 35.5. The lowest BCUT2D eigenvalue weighted by Gasteiger charge is -2.40. The zero-order chi connectivity index (χ0) is 32.5. The van der Waals surface area contributed by atoms with Crippen molar-refractivity contribution in [2.45, 2.75) is 58.3 Å². The van der Waals surface area contributed by atoms with E-state index in [0.717, 1.165) is 76.3 Å². The Hall–Kier alpha value is -5.03. The molecular formula is C36H39FN8O2. The number of halogens is 1. The highest BCUT2D eigenvalue weighted by Crippen LogP contribution is 2.28. The van der Waals surface area contributed by atoms with Crippen LogP contribution in [0.1, 0.15) is 52.7 Å². The molecule has 1 unspecified atom stereocenters. The molecule has 7 rings (SSSR count). The number of amides is 3. The number of urea groups is 1. The highest BCUT2D eigenvalue weighted by Gasteiger charge is 2.32. The molecule has 2 aliphatic heterocycles. The number of imidazole rings is 1. The van der Waals surface area contributed by atoms with Crippen LogP contribution in [0.4, 0.5) is 14.9 Å². The molecular weight excluding hydrogens is 595 g/mol. The van der Waals surface area contributed by atoms with Crippen LogP contribution in [0.5, 0.6) is 0 Å². The lowest BCUT2D eigenvalue weighted by atomic mass is 10.00. The van der Waals surface area contributed by atoms with Crippen molar-refractivity contribution in [2.24, 2.45) is 0 Å². The largest absolute Gasteiger partial charge is 0.345 e. The number of rotatable bonds is 9. The van der Waals surface area contributed by atoms with E-state index in [0.29, 0.717) is 19.5 Å². The molecule has 0 radical (unpaired) electrons. The van der Waals surface area contributed by atoms with Gasteiger partial charge in [-0.15, -0.1) is 0 Å². The molecule has 0 spiro atoms. The van der Waals surface area contributed by atoms with E-state index < -0.39 is 6.04 Å². The molecule has 3 amide bonds. The van der Waals surface area contributed by atoms with Gasteiger partial charge in [-0.25, -0.2) is 14.2 Å². The van der Waals surface area contributed by atoms with Crippen LogP contribution >= 0.6 is 0 Å². The molecule has 1 fully saturated rings. The quantitative estimate of drug-likeness (QED) is 0.199. The minimum Gasteiger partial charge on any atom is -0.345 e. The SMILES string of the molecule is Cc1cn(Cc2cccc(F)c2)c(C(Cc2cc(C)c3[nH]ncc3c2)NC(=O)CN2CCC(N3Cc4ccccc4NC3=O)CC2)n1. The summed E-state index contributed by atoms with van der Waals surface area (Å²) in [6.45, 7) is 6.69. The zero-order valence-electron chi connectivity index (χ0n) is 26.7. The average molecular weight is 635 g/mol. The van der Waals surface area contributed by atoms with Crippen LogP contribution in [0, 0.1) is 19.7 Å². The van der Waals surface area contributed by atoms with Gasteiger partial charge in [-0.05, 0) is 79.6 Å². The van der Waals surface area contributed by atoms with Crippen LogP contribution in [0.2, 0.25) is 0 Å². The Kier molecular flexibility index (Phi) is 8.46. The van der Waals surface area contributed by atoms with Crippen molar-refractivity contribution in [1.82, 2.24) is 34.9 Å². The highest BCUT2D eigenvalue weighted by atomic mass is 19.1. The number of para-hydroxylation sites is 1. The first-order chi connectivity index (χ1) is 22.8. The summed E-state index contributed by atoms with van der Waals surface area (Å²) in [6, 6.07) is 18.3. The number of aromatic nitrogens is 4. The fourth-order valence-corrected chi connectivity index (χ4v) is 7.02. The van der Waals surface area contributed by atoms with E-state index >= 15 is 0 Å². The Morgan fingerprint density at radius 1 is 1.06 bits per heavy atom. The maximum atomic E-state index is 14.0.